The number of alkyl carbamates (subject to hydrolysis) is 1. The number of carboxylic acids is 1. The van der Waals surface area contributed by atoms with Crippen molar-refractivity contribution in [2.45, 2.75) is 43.7 Å². The summed E-state index contributed by atoms with van der Waals surface area (Å²) in [6, 6.07) is 15.3. The Morgan fingerprint density at radius 2 is 1.71 bits per heavy atom. The monoisotopic (exact) mass is 482 g/mol. The molecule has 0 heterocycles. The molecule has 2 aliphatic carbocycles. The van der Waals surface area contributed by atoms with E-state index >= 15 is 0 Å². The maximum absolute atomic E-state index is 12.6. The van der Waals surface area contributed by atoms with E-state index < -0.39 is 18.1 Å². The van der Waals surface area contributed by atoms with Crippen LogP contribution in [0, 0.1) is 5.92 Å². The first-order valence-corrected chi connectivity index (χ1v) is 13.0. The van der Waals surface area contributed by atoms with Crippen LogP contribution in [0.15, 0.2) is 48.5 Å². The van der Waals surface area contributed by atoms with Gasteiger partial charge in [-0.3, -0.25) is 4.79 Å². The molecule has 8 heteroatoms. The number of aliphatic carboxylic acids is 1. The molecule has 4 rings (SSSR count). The second kappa shape index (κ2) is 11.0. The highest BCUT2D eigenvalue weighted by Gasteiger charge is 2.34. The Morgan fingerprint density at radius 1 is 1.06 bits per heavy atom. The molecule has 0 aliphatic heterocycles. The lowest BCUT2D eigenvalue weighted by atomic mass is 9.98. The van der Waals surface area contributed by atoms with Gasteiger partial charge >= 0.3 is 12.1 Å². The van der Waals surface area contributed by atoms with Crippen molar-refractivity contribution in [2.24, 2.45) is 5.92 Å². The summed E-state index contributed by atoms with van der Waals surface area (Å²) in [6.07, 6.45) is 3.54. The summed E-state index contributed by atoms with van der Waals surface area (Å²) < 4.78 is 5.61. The van der Waals surface area contributed by atoms with Crippen LogP contribution in [0.4, 0.5) is 4.79 Å². The molecule has 0 spiro atoms. The molecule has 0 unspecified atom stereocenters. The van der Waals surface area contributed by atoms with Gasteiger partial charge in [0.25, 0.3) is 0 Å². The van der Waals surface area contributed by atoms with Gasteiger partial charge in [0.05, 0.1) is 0 Å². The molecule has 0 saturated heterocycles. The Hall–Kier alpha value is -3.00. The zero-order chi connectivity index (χ0) is 24.1. The van der Waals surface area contributed by atoms with Gasteiger partial charge in [0.15, 0.2) is 0 Å². The molecule has 0 radical (unpaired) electrons. The number of fused-ring (bicyclic) bond motifs is 3. The van der Waals surface area contributed by atoms with Gasteiger partial charge in [-0.05, 0) is 59.9 Å². The van der Waals surface area contributed by atoms with Crippen LogP contribution in [-0.4, -0.2) is 53.8 Å². The van der Waals surface area contributed by atoms with E-state index in [0.29, 0.717) is 31.4 Å². The first-order chi connectivity index (χ1) is 16.5. The van der Waals surface area contributed by atoms with Gasteiger partial charge in [0, 0.05) is 17.9 Å². The first-order valence-electron chi connectivity index (χ1n) is 11.6. The SMILES string of the molecule is CSCC[C@H](NC(=O)[C@H]1CC[C@@H](NC(=O)OCC2c3ccccc3-c3ccccc32)C1)C(=O)O. The molecule has 1 saturated carbocycles. The zero-order valence-corrected chi connectivity index (χ0v) is 20.0. The van der Waals surface area contributed by atoms with Gasteiger partial charge in [-0.25, -0.2) is 9.59 Å². The van der Waals surface area contributed by atoms with E-state index in [-0.39, 0.29) is 30.4 Å². The highest BCUT2D eigenvalue weighted by atomic mass is 32.2. The third-order valence-electron chi connectivity index (χ3n) is 6.69. The number of ether oxygens (including phenoxy) is 1. The van der Waals surface area contributed by atoms with Crippen molar-refractivity contribution in [3.8, 4) is 11.1 Å². The van der Waals surface area contributed by atoms with Crippen LogP contribution in [0.2, 0.25) is 0 Å². The van der Waals surface area contributed by atoms with Crippen LogP contribution in [0.3, 0.4) is 0 Å². The van der Waals surface area contributed by atoms with Crippen molar-refractivity contribution in [3.63, 3.8) is 0 Å². The molecule has 2 aromatic rings. The predicted octanol–water partition coefficient (Wildman–Crippen LogP) is 4.02. The first kappa shape index (κ1) is 24.1. The van der Waals surface area contributed by atoms with Gasteiger partial charge < -0.3 is 20.5 Å². The van der Waals surface area contributed by atoms with Crippen LogP contribution in [-0.2, 0) is 14.3 Å². The molecule has 0 aromatic heterocycles. The third-order valence-corrected chi connectivity index (χ3v) is 7.34. The fourth-order valence-electron chi connectivity index (χ4n) is 4.94. The molecule has 3 atom stereocenters. The van der Waals surface area contributed by atoms with E-state index in [2.05, 4.69) is 34.9 Å². The Kier molecular flexibility index (Phi) is 7.77. The molecule has 2 aliphatic rings. The van der Waals surface area contributed by atoms with Crippen molar-refractivity contribution in [1.82, 2.24) is 10.6 Å². The van der Waals surface area contributed by atoms with E-state index in [1.54, 1.807) is 11.8 Å². The lowest BCUT2D eigenvalue weighted by Crippen LogP contribution is -2.44. The minimum atomic E-state index is -1.02. The van der Waals surface area contributed by atoms with Crippen molar-refractivity contribution in [3.05, 3.63) is 59.7 Å². The average Bonchev–Trinajstić information content (AvgIpc) is 3.43. The smallest absolute Gasteiger partial charge is 0.407 e. The van der Waals surface area contributed by atoms with Gasteiger partial charge in [-0.15, -0.1) is 0 Å². The number of carbonyl (C=O) groups excluding carboxylic acids is 2. The number of benzene rings is 2. The second-order valence-electron chi connectivity index (χ2n) is 8.86. The molecule has 1 fully saturated rings. The highest BCUT2D eigenvalue weighted by Crippen LogP contribution is 2.44. The number of nitrogens with one attached hydrogen (secondary N) is 2. The van der Waals surface area contributed by atoms with Crippen LogP contribution in [0.5, 0.6) is 0 Å². The molecule has 3 N–H and O–H groups in total. The average molecular weight is 483 g/mol. The maximum Gasteiger partial charge on any atom is 0.407 e. The highest BCUT2D eigenvalue weighted by molar-refractivity contribution is 7.98. The minimum absolute atomic E-state index is 0.00510. The van der Waals surface area contributed by atoms with Gasteiger partial charge in [-0.2, -0.15) is 11.8 Å². The topological polar surface area (TPSA) is 105 Å². The number of hydrogen-bond acceptors (Lipinski definition) is 5. The lowest BCUT2D eigenvalue weighted by Gasteiger charge is -2.18. The lowest BCUT2D eigenvalue weighted by molar-refractivity contribution is -0.142. The Bertz CT molecular complexity index is 1010. The predicted molar refractivity (Wildman–Crippen MR) is 132 cm³/mol. The maximum atomic E-state index is 12.6. The molecular formula is C26H30N2O5S. The Balaban J connectivity index is 1.28. The van der Waals surface area contributed by atoms with Crippen LogP contribution < -0.4 is 10.6 Å². The van der Waals surface area contributed by atoms with E-state index in [4.69, 9.17) is 4.74 Å². The van der Waals surface area contributed by atoms with Crippen molar-refractivity contribution in [2.75, 3.05) is 18.6 Å². The molecular weight excluding hydrogens is 452 g/mol. The fourth-order valence-corrected chi connectivity index (χ4v) is 5.41. The van der Waals surface area contributed by atoms with E-state index in [1.165, 1.54) is 11.1 Å². The van der Waals surface area contributed by atoms with E-state index in [1.807, 2.05) is 30.5 Å². The summed E-state index contributed by atoms with van der Waals surface area (Å²) in [6.45, 7) is 0.242. The second-order valence-corrected chi connectivity index (χ2v) is 9.84. The third kappa shape index (κ3) is 5.38. The van der Waals surface area contributed by atoms with E-state index in [9.17, 15) is 19.5 Å². The summed E-state index contributed by atoms with van der Waals surface area (Å²) >= 11 is 1.54. The summed E-state index contributed by atoms with van der Waals surface area (Å²) in [4.78, 5) is 36.5. The molecule has 2 amide bonds. The number of amides is 2. The Labute approximate surface area is 203 Å². The number of carboxylic acid groups (broad SMARTS) is 1. The van der Waals surface area contributed by atoms with Crippen molar-refractivity contribution in [1.29, 1.82) is 0 Å². The summed E-state index contributed by atoms with van der Waals surface area (Å²) in [5.74, 6) is -0.933. The molecule has 180 valence electrons. The Morgan fingerprint density at radius 3 is 2.32 bits per heavy atom. The molecule has 7 nitrogen and oxygen atoms in total. The van der Waals surface area contributed by atoms with Gasteiger partial charge in [0.1, 0.15) is 12.6 Å². The minimum Gasteiger partial charge on any atom is -0.480 e. The number of carbonyl (C=O) groups is 3. The van der Waals surface area contributed by atoms with Gasteiger partial charge in [0.2, 0.25) is 5.91 Å². The summed E-state index contributed by atoms with van der Waals surface area (Å²) in [5, 5.41) is 14.9. The standard InChI is InChI=1S/C26H30N2O5S/c1-34-13-12-23(25(30)31)28-24(29)16-10-11-17(14-16)27-26(32)33-15-22-20-8-4-2-6-18(20)19-7-3-5-9-21(19)22/h2-9,16-17,22-23H,10-15H2,1H3,(H,27,32)(H,28,29)(H,30,31)/t16-,17+,23-/m0/s1. The van der Waals surface area contributed by atoms with Crippen LogP contribution >= 0.6 is 11.8 Å². The van der Waals surface area contributed by atoms with Crippen molar-refractivity contribution < 1.29 is 24.2 Å². The molecule has 0 bridgehead atoms. The molecule has 34 heavy (non-hydrogen) atoms. The van der Waals surface area contributed by atoms with Crippen molar-refractivity contribution >= 4 is 29.7 Å². The number of thioether (sulfide) groups is 1. The molecule has 2 aromatic carbocycles. The van der Waals surface area contributed by atoms with Gasteiger partial charge in [-0.1, -0.05) is 48.5 Å². The quantitative estimate of drug-likeness (QED) is 0.499. The normalized spacial score (nSPS) is 19.7. The number of hydrogen-bond donors (Lipinski definition) is 3. The zero-order valence-electron chi connectivity index (χ0n) is 19.2. The largest absolute Gasteiger partial charge is 0.480 e. The summed E-state index contributed by atoms with van der Waals surface area (Å²) in [5.41, 5.74) is 4.66. The fraction of sp³-hybridized carbons (Fsp3) is 0.423. The summed E-state index contributed by atoms with van der Waals surface area (Å²) in [7, 11) is 0. The van der Waals surface area contributed by atoms with E-state index in [0.717, 1.165) is 11.1 Å². The number of rotatable bonds is 9. The van der Waals surface area contributed by atoms with Crippen LogP contribution in [0.25, 0.3) is 11.1 Å². The van der Waals surface area contributed by atoms with Crippen LogP contribution in [0.1, 0.15) is 42.7 Å².